The van der Waals surface area contributed by atoms with E-state index >= 15 is 0 Å². The molecule has 0 spiro atoms. The number of benzene rings is 1. The van der Waals surface area contributed by atoms with Crippen LogP contribution in [0.1, 0.15) is 25.7 Å². The van der Waals surface area contributed by atoms with Crippen LogP contribution in [0.4, 0.5) is 20.3 Å². The number of aromatic nitrogens is 7. The number of nitrogens with one attached hydrogen (secondary N) is 2. The summed E-state index contributed by atoms with van der Waals surface area (Å²) in [6.45, 7) is 8.04. The largest absolute Gasteiger partial charge is 0.375 e. The van der Waals surface area contributed by atoms with Crippen molar-refractivity contribution in [3.63, 3.8) is 0 Å². The van der Waals surface area contributed by atoms with Crippen LogP contribution in [0, 0.1) is 11.6 Å². The van der Waals surface area contributed by atoms with Gasteiger partial charge in [-0.2, -0.15) is 5.10 Å². The maximum Gasteiger partial charge on any atom is 0.186 e. The number of piperazine rings is 1. The predicted molar refractivity (Wildman–Crippen MR) is 138 cm³/mol. The summed E-state index contributed by atoms with van der Waals surface area (Å²) in [7, 11) is 2.11. The van der Waals surface area contributed by atoms with Crippen LogP contribution in [0.15, 0.2) is 36.8 Å². The predicted octanol–water partition coefficient (Wildman–Crippen LogP) is 3.69. The Labute approximate surface area is 211 Å². The molecule has 37 heavy (non-hydrogen) atoms. The number of imidazole rings is 2. The number of aromatic amines is 1. The summed E-state index contributed by atoms with van der Waals surface area (Å²) in [5.41, 5.74) is 3.60. The van der Waals surface area contributed by atoms with E-state index in [0.29, 0.717) is 17.0 Å². The average molecular weight is 507 g/mol. The number of H-pyrrole nitrogens is 1. The lowest BCUT2D eigenvalue weighted by Gasteiger charge is -2.33. The van der Waals surface area contributed by atoms with Crippen molar-refractivity contribution >= 4 is 28.2 Å². The van der Waals surface area contributed by atoms with Crippen LogP contribution in [-0.4, -0.2) is 72.5 Å². The fraction of sp³-hybridized carbons (Fsp3) is 0.360. The van der Waals surface area contributed by atoms with Crippen molar-refractivity contribution in [2.24, 2.45) is 0 Å². The molecule has 0 atom stereocenters. The third kappa shape index (κ3) is 4.26. The molecule has 5 heterocycles. The van der Waals surface area contributed by atoms with Crippen LogP contribution < -0.4 is 10.2 Å². The number of hydrogen-bond acceptors (Lipinski definition) is 7. The van der Waals surface area contributed by atoms with Gasteiger partial charge in [0.1, 0.15) is 11.3 Å². The summed E-state index contributed by atoms with van der Waals surface area (Å²) >= 11 is 0. The van der Waals surface area contributed by atoms with Crippen LogP contribution in [0.5, 0.6) is 0 Å². The molecule has 192 valence electrons. The molecule has 6 rings (SSSR count). The van der Waals surface area contributed by atoms with E-state index in [1.165, 1.54) is 6.07 Å². The van der Waals surface area contributed by atoms with Crippen molar-refractivity contribution in [1.82, 2.24) is 39.2 Å². The number of likely N-dealkylation sites (N-methyl/N-ethyl adjacent to an activating group) is 1. The highest BCUT2D eigenvalue weighted by Crippen LogP contribution is 2.28. The number of rotatable bonds is 6. The zero-order valence-corrected chi connectivity index (χ0v) is 20.9. The first-order valence-corrected chi connectivity index (χ1v) is 12.3. The highest BCUT2D eigenvalue weighted by atomic mass is 19.2. The molecule has 0 aliphatic carbocycles. The second kappa shape index (κ2) is 9.11. The SMILES string of the molecule is CC(C)n1cc(-c2cnc3c(NCc4nc5c(F)c(F)ccc5[nH]4)cc(N4CCN(C)CC4)nn23)cn1. The monoisotopic (exact) mass is 506 g/mol. The standard InChI is InChI=1S/C25H28F2N10/c1-15(2)36-14-16(11-30-36)20-12-29-25-19(10-22(33-37(20)25)35-8-6-34(3)7-9-35)28-13-21-31-18-5-4-17(26)23(27)24(18)32-21/h4-5,10-12,14-15,28H,6-9,13H2,1-3H3,(H,31,32). The summed E-state index contributed by atoms with van der Waals surface area (Å²) in [5.74, 6) is -0.558. The maximum atomic E-state index is 14.2. The van der Waals surface area contributed by atoms with E-state index in [1.54, 1.807) is 6.20 Å². The number of nitrogens with zero attached hydrogens (tertiary/aromatic N) is 8. The van der Waals surface area contributed by atoms with Crippen molar-refractivity contribution in [3.8, 4) is 11.3 Å². The van der Waals surface area contributed by atoms with Crippen LogP contribution in [-0.2, 0) is 6.54 Å². The Morgan fingerprint density at radius 3 is 2.68 bits per heavy atom. The van der Waals surface area contributed by atoms with Crippen LogP contribution in [0.2, 0.25) is 0 Å². The van der Waals surface area contributed by atoms with Crippen LogP contribution >= 0.6 is 0 Å². The molecule has 1 aliphatic heterocycles. The Morgan fingerprint density at radius 1 is 1.11 bits per heavy atom. The van der Waals surface area contributed by atoms with E-state index in [2.05, 4.69) is 56.1 Å². The Morgan fingerprint density at radius 2 is 1.92 bits per heavy atom. The van der Waals surface area contributed by atoms with Gasteiger partial charge in [0, 0.05) is 50.0 Å². The fourth-order valence-electron chi connectivity index (χ4n) is 4.56. The molecule has 1 saturated heterocycles. The number of hydrogen-bond donors (Lipinski definition) is 2. The molecule has 10 nitrogen and oxygen atoms in total. The van der Waals surface area contributed by atoms with Crippen molar-refractivity contribution in [2.75, 3.05) is 43.4 Å². The van der Waals surface area contributed by atoms with E-state index in [0.717, 1.165) is 55.0 Å². The van der Waals surface area contributed by atoms with Crippen molar-refractivity contribution in [1.29, 1.82) is 0 Å². The van der Waals surface area contributed by atoms with Gasteiger partial charge in [-0.3, -0.25) is 4.68 Å². The summed E-state index contributed by atoms with van der Waals surface area (Å²) in [5, 5.41) is 12.8. The van der Waals surface area contributed by atoms with Gasteiger partial charge in [-0.25, -0.2) is 23.3 Å². The second-order valence-electron chi connectivity index (χ2n) is 9.68. The van der Waals surface area contributed by atoms with Crippen LogP contribution in [0.25, 0.3) is 27.9 Å². The van der Waals surface area contributed by atoms with Gasteiger partial charge in [-0.05, 0) is 33.0 Å². The van der Waals surface area contributed by atoms with E-state index < -0.39 is 11.6 Å². The molecule has 0 bridgehead atoms. The first-order chi connectivity index (χ1) is 17.9. The number of halogens is 2. The fourth-order valence-corrected chi connectivity index (χ4v) is 4.56. The highest BCUT2D eigenvalue weighted by Gasteiger charge is 2.21. The lowest BCUT2D eigenvalue weighted by Crippen LogP contribution is -2.45. The molecule has 0 radical (unpaired) electrons. The summed E-state index contributed by atoms with van der Waals surface area (Å²) in [4.78, 5) is 16.5. The van der Waals surface area contributed by atoms with Gasteiger partial charge in [-0.15, -0.1) is 5.10 Å². The first-order valence-electron chi connectivity index (χ1n) is 12.3. The molecule has 4 aromatic heterocycles. The molecular formula is C25H28F2N10. The molecule has 0 unspecified atom stereocenters. The lowest BCUT2D eigenvalue weighted by molar-refractivity contribution is 0.311. The zero-order valence-electron chi connectivity index (χ0n) is 20.9. The van der Waals surface area contributed by atoms with Crippen molar-refractivity contribution in [2.45, 2.75) is 26.4 Å². The molecule has 2 N–H and O–H groups in total. The Kier molecular flexibility index (Phi) is 5.75. The lowest BCUT2D eigenvalue weighted by atomic mass is 10.3. The van der Waals surface area contributed by atoms with Gasteiger partial charge in [0.25, 0.3) is 0 Å². The van der Waals surface area contributed by atoms with E-state index in [-0.39, 0.29) is 18.1 Å². The molecule has 0 amide bonds. The van der Waals surface area contributed by atoms with Gasteiger partial charge in [0.15, 0.2) is 23.1 Å². The maximum absolute atomic E-state index is 14.2. The smallest absolute Gasteiger partial charge is 0.186 e. The molecule has 5 aromatic rings. The van der Waals surface area contributed by atoms with Crippen molar-refractivity contribution < 1.29 is 8.78 Å². The minimum atomic E-state index is -0.955. The molecular weight excluding hydrogens is 478 g/mol. The zero-order chi connectivity index (χ0) is 25.7. The van der Waals surface area contributed by atoms with Gasteiger partial charge >= 0.3 is 0 Å². The van der Waals surface area contributed by atoms with Gasteiger partial charge in [-0.1, -0.05) is 0 Å². The van der Waals surface area contributed by atoms with Gasteiger partial charge in [0.05, 0.1) is 35.8 Å². The first kappa shape index (κ1) is 23.3. The molecule has 12 heteroatoms. The quantitative estimate of drug-likeness (QED) is 0.363. The molecule has 1 fully saturated rings. The summed E-state index contributed by atoms with van der Waals surface area (Å²) < 4.78 is 31.6. The van der Waals surface area contributed by atoms with E-state index in [4.69, 9.17) is 5.10 Å². The summed E-state index contributed by atoms with van der Waals surface area (Å²) in [6.07, 6.45) is 5.61. The minimum Gasteiger partial charge on any atom is -0.375 e. The third-order valence-electron chi connectivity index (χ3n) is 6.75. The van der Waals surface area contributed by atoms with Crippen molar-refractivity contribution in [3.05, 3.63) is 54.2 Å². The number of fused-ring (bicyclic) bond motifs is 2. The number of anilines is 2. The van der Waals surface area contributed by atoms with Gasteiger partial charge < -0.3 is 20.1 Å². The van der Waals surface area contributed by atoms with E-state index in [1.807, 2.05) is 27.7 Å². The Balaban J connectivity index is 1.38. The normalized spacial score (nSPS) is 14.9. The molecule has 1 aromatic carbocycles. The summed E-state index contributed by atoms with van der Waals surface area (Å²) in [6, 6.07) is 4.80. The third-order valence-corrected chi connectivity index (χ3v) is 6.75. The molecule has 0 saturated carbocycles. The average Bonchev–Trinajstić information content (AvgIpc) is 3.63. The highest BCUT2D eigenvalue weighted by molar-refractivity contribution is 5.77. The topological polar surface area (TPSA) is 95.2 Å². The van der Waals surface area contributed by atoms with Gasteiger partial charge in [0.2, 0.25) is 0 Å². The van der Waals surface area contributed by atoms with Crippen LogP contribution in [0.3, 0.4) is 0 Å². The van der Waals surface area contributed by atoms with E-state index in [9.17, 15) is 8.78 Å². The minimum absolute atomic E-state index is 0.0138. The second-order valence-corrected chi connectivity index (χ2v) is 9.68. The Hall–Kier alpha value is -4.06. The Bertz CT molecular complexity index is 1580. The molecule has 1 aliphatic rings.